The van der Waals surface area contributed by atoms with Crippen LogP contribution in [0.4, 0.5) is 4.39 Å². The first kappa shape index (κ1) is 14.9. The van der Waals surface area contributed by atoms with Gasteiger partial charge in [0.25, 0.3) is 5.91 Å². The summed E-state index contributed by atoms with van der Waals surface area (Å²) in [5.74, 6) is -1.18. The van der Waals surface area contributed by atoms with Crippen molar-refractivity contribution in [3.63, 3.8) is 0 Å². The fourth-order valence-corrected chi connectivity index (χ4v) is 2.79. The number of hydrogen-bond acceptors (Lipinski definition) is 3. The van der Waals surface area contributed by atoms with E-state index >= 15 is 0 Å². The van der Waals surface area contributed by atoms with Crippen LogP contribution < -0.4 is 5.14 Å². The zero-order valence-corrected chi connectivity index (χ0v) is 12.2. The molecule has 20 heavy (non-hydrogen) atoms. The first-order chi connectivity index (χ1) is 9.25. The van der Waals surface area contributed by atoms with Crippen molar-refractivity contribution in [2.45, 2.75) is 37.6 Å². The lowest BCUT2D eigenvalue weighted by Gasteiger charge is -2.21. The summed E-state index contributed by atoms with van der Waals surface area (Å²) < 4.78 is 36.9. The van der Waals surface area contributed by atoms with Crippen LogP contribution in [0, 0.1) is 12.7 Å². The van der Waals surface area contributed by atoms with Crippen LogP contribution in [0.25, 0.3) is 0 Å². The molecule has 0 aliphatic heterocycles. The molecule has 0 bridgehead atoms. The minimum atomic E-state index is -3.97. The average Bonchev–Trinajstić information content (AvgIpc) is 3.16. The molecule has 5 nitrogen and oxygen atoms in total. The number of rotatable bonds is 4. The molecule has 0 saturated heterocycles. The maximum absolute atomic E-state index is 14.1. The Morgan fingerprint density at radius 2 is 2.05 bits per heavy atom. The van der Waals surface area contributed by atoms with Gasteiger partial charge in [0.15, 0.2) is 0 Å². The lowest BCUT2D eigenvalue weighted by Crippen LogP contribution is -2.33. The molecule has 0 aromatic heterocycles. The topological polar surface area (TPSA) is 80.5 Å². The normalized spacial score (nSPS) is 15.2. The third-order valence-corrected chi connectivity index (χ3v) is 4.27. The quantitative estimate of drug-likeness (QED) is 0.912. The molecule has 110 valence electrons. The van der Waals surface area contributed by atoms with Gasteiger partial charge in [-0.1, -0.05) is 0 Å². The van der Waals surface area contributed by atoms with Gasteiger partial charge in [-0.25, -0.2) is 17.9 Å². The molecule has 1 aliphatic rings. The second-order valence-corrected chi connectivity index (χ2v) is 6.53. The number of carbonyl (C=O) groups is 1. The summed E-state index contributed by atoms with van der Waals surface area (Å²) in [6.45, 7) is 3.68. The number of aryl methyl sites for hydroxylation is 1. The van der Waals surface area contributed by atoms with E-state index in [1.807, 2.05) is 6.92 Å². The van der Waals surface area contributed by atoms with E-state index in [1.54, 1.807) is 4.90 Å². The standard InChI is InChI=1S/C13H17FN2O3S/c1-3-16(9-4-5-9)13(17)11-7-10(20(15,18)19)6-8(2)12(11)14/h6-7,9H,3-5H2,1-2H3,(H2,15,18,19). The van der Waals surface area contributed by atoms with Crippen LogP contribution in [-0.2, 0) is 10.0 Å². The third kappa shape index (κ3) is 2.83. The molecular formula is C13H17FN2O3S. The summed E-state index contributed by atoms with van der Waals surface area (Å²) in [6, 6.07) is 2.28. The molecule has 1 saturated carbocycles. The fraction of sp³-hybridized carbons (Fsp3) is 0.462. The predicted octanol–water partition coefficient (Wildman–Crippen LogP) is 1.41. The fourth-order valence-electron chi connectivity index (χ4n) is 2.16. The van der Waals surface area contributed by atoms with Gasteiger partial charge in [-0.2, -0.15) is 0 Å². The van der Waals surface area contributed by atoms with Crippen molar-refractivity contribution >= 4 is 15.9 Å². The Morgan fingerprint density at radius 1 is 1.45 bits per heavy atom. The number of amides is 1. The van der Waals surface area contributed by atoms with Crippen LogP contribution in [-0.4, -0.2) is 31.8 Å². The van der Waals surface area contributed by atoms with E-state index in [4.69, 9.17) is 5.14 Å². The molecule has 0 heterocycles. The van der Waals surface area contributed by atoms with Crippen molar-refractivity contribution < 1.29 is 17.6 Å². The van der Waals surface area contributed by atoms with E-state index < -0.39 is 21.7 Å². The number of sulfonamides is 1. The molecule has 0 spiro atoms. The van der Waals surface area contributed by atoms with Gasteiger partial charge < -0.3 is 4.90 Å². The Balaban J connectivity index is 2.49. The number of hydrogen-bond donors (Lipinski definition) is 1. The Labute approximate surface area is 117 Å². The molecule has 1 fully saturated rings. The zero-order chi connectivity index (χ0) is 15.1. The minimum Gasteiger partial charge on any atom is -0.336 e. The highest BCUT2D eigenvalue weighted by molar-refractivity contribution is 7.89. The van der Waals surface area contributed by atoms with Crippen LogP contribution in [0.3, 0.4) is 0 Å². The second kappa shape index (κ2) is 5.14. The summed E-state index contributed by atoms with van der Waals surface area (Å²) in [7, 11) is -3.97. The molecule has 0 radical (unpaired) electrons. The summed E-state index contributed by atoms with van der Waals surface area (Å²) in [5.41, 5.74) is -0.144. The minimum absolute atomic E-state index is 0.0896. The van der Waals surface area contributed by atoms with E-state index in [0.29, 0.717) is 6.54 Å². The van der Waals surface area contributed by atoms with E-state index in [9.17, 15) is 17.6 Å². The van der Waals surface area contributed by atoms with Crippen LogP contribution in [0.5, 0.6) is 0 Å². The maximum atomic E-state index is 14.1. The van der Waals surface area contributed by atoms with Gasteiger partial charge in [0, 0.05) is 12.6 Å². The van der Waals surface area contributed by atoms with Crippen molar-refractivity contribution in [3.8, 4) is 0 Å². The number of primary sulfonamides is 1. The number of benzene rings is 1. The molecule has 1 amide bonds. The van der Waals surface area contributed by atoms with Gasteiger partial charge in [0.2, 0.25) is 10.0 Å². The molecule has 0 unspecified atom stereocenters. The van der Waals surface area contributed by atoms with E-state index in [0.717, 1.165) is 25.0 Å². The maximum Gasteiger partial charge on any atom is 0.257 e. The summed E-state index contributed by atoms with van der Waals surface area (Å²) >= 11 is 0. The Bertz CT molecular complexity index is 654. The third-order valence-electron chi connectivity index (χ3n) is 3.38. The Kier molecular flexibility index (Phi) is 3.84. The van der Waals surface area contributed by atoms with E-state index in [1.165, 1.54) is 6.92 Å². The molecule has 1 aliphatic carbocycles. The SMILES string of the molecule is CCN(C(=O)c1cc(S(N)(=O)=O)cc(C)c1F)C1CC1. The van der Waals surface area contributed by atoms with Crippen molar-refractivity contribution in [3.05, 3.63) is 29.1 Å². The molecule has 7 heteroatoms. The molecule has 2 N–H and O–H groups in total. The first-order valence-corrected chi connectivity index (χ1v) is 7.94. The van der Waals surface area contributed by atoms with Crippen LogP contribution >= 0.6 is 0 Å². The van der Waals surface area contributed by atoms with Gasteiger partial charge in [-0.15, -0.1) is 0 Å². The largest absolute Gasteiger partial charge is 0.336 e. The second-order valence-electron chi connectivity index (χ2n) is 4.97. The first-order valence-electron chi connectivity index (χ1n) is 6.39. The van der Waals surface area contributed by atoms with Gasteiger partial charge in [-0.05, 0) is 44.4 Å². The highest BCUT2D eigenvalue weighted by Gasteiger charge is 2.33. The summed E-state index contributed by atoms with van der Waals surface area (Å²) in [6.07, 6.45) is 1.80. The monoisotopic (exact) mass is 300 g/mol. The predicted molar refractivity (Wildman–Crippen MR) is 72.2 cm³/mol. The average molecular weight is 300 g/mol. The number of carbonyl (C=O) groups excluding carboxylic acids is 1. The van der Waals surface area contributed by atoms with Crippen molar-refractivity contribution in [2.75, 3.05) is 6.54 Å². The lowest BCUT2D eigenvalue weighted by molar-refractivity contribution is 0.0747. The highest BCUT2D eigenvalue weighted by Crippen LogP contribution is 2.29. The lowest BCUT2D eigenvalue weighted by atomic mass is 10.1. The van der Waals surface area contributed by atoms with Crippen LogP contribution in [0.15, 0.2) is 17.0 Å². The highest BCUT2D eigenvalue weighted by atomic mass is 32.2. The molecule has 1 aromatic carbocycles. The van der Waals surface area contributed by atoms with E-state index in [2.05, 4.69) is 0 Å². The Morgan fingerprint density at radius 3 is 2.50 bits per heavy atom. The Hall–Kier alpha value is -1.47. The molecule has 0 atom stereocenters. The number of nitrogens with two attached hydrogens (primary N) is 1. The molecule has 1 aromatic rings. The molecular weight excluding hydrogens is 283 g/mol. The number of halogens is 1. The van der Waals surface area contributed by atoms with Crippen molar-refractivity contribution in [1.82, 2.24) is 4.90 Å². The van der Waals surface area contributed by atoms with Crippen molar-refractivity contribution in [1.29, 1.82) is 0 Å². The van der Waals surface area contributed by atoms with Gasteiger partial charge in [0.05, 0.1) is 10.5 Å². The van der Waals surface area contributed by atoms with Crippen molar-refractivity contribution in [2.24, 2.45) is 5.14 Å². The summed E-state index contributed by atoms with van der Waals surface area (Å²) in [5, 5.41) is 5.05. The van der Waals surface area contributed by atoms with E-state index in [-0.39, 0.29) is 22.1 Å². The van der Waals surface area contributed by atoms with Crippen LogP contribution in [0.1, 0.15) is 35.7 Å². The van der Waals surface area contributed by atoms with Gasteiger partial charge in [-0.3, -0.25) is 4.79 Å². The zero-order valence-electron chi connectivity index (χ0n) is 11.4. The van der Waals surface area contributed by atoms with Crippen LogP contribution in [0.2, 0.25) is 0 Å². The number of nitrogens with zero attached hydrogens (tertiary/aromatic N) is 1. The smallest absolute Gasteiger partial charge is 0.257 e. The molecule has 2 rings (SSSR count). The summed E-state index contributed by atoms with van der Waals surface area (Å²) in [4.78, 5) is 13.7. The van der Waals surface area contributed by atoms with Gasteiger partial charge in [0.1, 0.15) is 5.82 Å². The van der Waals surface area contributed by atoms with Gasteiger partial charge >= 0.3 is 0 Å².